The Morgan fingerprint density at radius 1 is 1.21 bits per heavy atom. The van der Waals surface area contributed by atoms with E-state index in [1.165, 1.54) is 11.3 Å². The lowest BCUT2D eigenvalue weighted by atomic mass is 10.2. The summed E-state index contributed by atoms with van der Waals surface area (Å²) >= 11 is 4.85. The zero-order valence-corrected chi connectivity index (χ0v) is 14.6. The second kappa shape index (κ2) is 6.11. The maximum Gasteiger partial charge on any atom is 0.150 e. The molecule has 0 amide bonds. The van der Waals surface area contributed by atoms with Crippen LogP contribution in [0.4, 0.5) is 5.82 Å². The molecule has 0 saturated carbocycles. The van der Waals surface area contributed by atoms with Crippen molar-refractivity contribution in [3.63, 3.8) is 0 Å². The van der Waals surface area contributed by atoms with Gasteiger partial charge in [-0.3, -0.25) is 0 Å². The number of hydrogen-bond donors (Lipinski definition) is 1. The molecule has 0 saturated heterocycles. The highest BCUT2D eigenvalue weighted by Crippen LogP contribution is 2.36. The summed E-state index contributed by atoms with van der Waals surface area (Å²) in [5.74, 6) is 0.567. The van der Waals surface area contributed by atoms with Crippen molar-refractivity contribution < 1.29 is 0 Å². The van der Waals surface area contributed by atoms with E-state index >= 15 is 0 Å². The Hall–Kier alpha value is -2.63. The van der Waals surface area contributed by atoms with Crippen molar-refractivity contribution >= 4 is 53.5 Å². The van der Waals surface area contributed by atoms with E-state index in [0.29, 0.717) is 28.0 Å². The van der Waals surface area contributed by atoms with Crippen LogP contribution in [0.2, 0.25) is 0 Å². The van der Waals surface area contributed by atoms with Crippen molar-refractivity contribution in [2.75, 3.05) is 5.32 Å². The normalized spacial score (nSPS) is 10.8. The van der Waals surface area contributed by atoms with Gasteiger partial charge < -0.3 is 5.32 Å². The minimum atomic E-state index is 0.480. The molecule has 0 aliphatic rings. The minimum absolute atomic E-state index is 0.480. The highest BCUT2D eigenvalue weighted by atomic mass is 79.9. The lowest BCUT2D eigenvalue weighted by Gasteiger charge is -2.07. The first-order valence-corrected chi connectivity index (χ1v) is 8.67. The Balaban J connectivity index is 1.79. The molecule has 3 heterocycles. The number of anilines is 1. The fourth-order valence-corrected chi connectivity index (χ4v) is 3.87. The van der Waals surface area contributed by atoms with Crippen molar-refractivity contribution in [1.82, 2.24) is 20.4 Å². The van der Waals surface area contributed by atoms with Gasteiger partial charge in [-0.1, -0.05) is 30.3 Å². The molecule has 3 aromatic heterocycles. The fourth-order valence-electron chi connectivity index (χ4n) is 2.40. The third kappa shape index (κ3) is 2.58. The van der Waals surface area contributed by atoms with Crippen LogP contribution in [0, 0.1) is 11.3 Å². The van der Waals surface area contributed by atoms with Crippen LogP contribution in [-0.2, 0) is 6.54 Å². The molecule has 8 heteroatoms. The molecule has 4 aromatic rings. The van der Waals surface area contributed by atoms with Crippen LogP contribution in [0.15, 0.2) is 41.0 Å². The summed E-state index contributed by atoms with van der Waals surface area (Å²) < 4.78 is 1.50. The molecule has 1 aromatic carbocycles. The second-order valence-corrected chi connectivity index (χ2v) is 6.80. The molecule has 24 heavy (non-hydrogen) atoms. The van der Waals surface area contributed by atoms with E-state index in [4.69, 9.17) is 0 Å². The van der Waals surface area contributed by atoms with Gasteiger partial charge in [0.25, 0.3) is 0 Å². The highest BCUT2D eigenvalue weighted by Gasteiger charge is 2.15. The number of aromatic nitrogens is 4. The Bertz CT molecular complexity index is 1090. The Labute approximate surface area is 149 Å². The molecule has 0 atom stereocenters. The Morgan fingerprint density at radius 2 is 2.04 bits per heavy atom. The van der Waals surface area contributed by atoms with Gasteiger partial charge in [-0.25, -0.2) is 4.98 Å². The second-order valence-electron chi connectivity index (χ2n) is 5.05. The van der Waals surface area contributed by atoms with Crippen LogP contribution in [0.25, 0.3) is 20.4 Å². The molecule has 0 aliphatic heterocycles. The van der Waals surface area contributed by atoms with Crippen molar-refractivity contribution in [2.24, 2.45) is 0 Å². The fraction of sp³-hybridized carbons (Fsp3) is 0.0625. The van der Waals surface area contributed by atoms with Gasteiger partial charge in [0.15, 0.2) is 0 Å². The summed E-state index contributed by atoms with van der Waals surface area (Å²) in [6.07, 6.45) is 0. The van der Waals surface area contributed by atoms with E-state index in [-0.39, 0.29) is 0 Å². The van der Waals surface area contributed by atoms with Crippen molar-refractivity contribution in [3.05, 3.63) is 52.1 Å². The van der Waals surface area contributed by atoms with E-state index in [1.807, 2.05) is 30.3 Å². The van der Waals surface area contributed by atoms with Gasteiger partial charge in [0.2, 0.25) is 0 Å². The summed E-state index contributed by atoms with van der Waals surface area (Å²) in [7, 11) is 0. The monoisotopic (exact) mass is 396 g/mol. The van der Waals surface area contributed by atoms with Gasteiger partial charge in [0.1, 0.15) is 26.8 Å². The maximum atomic E-state index is 9.46. The largest absolute Gasteiger partial charge is 0.365 e. The van der Waals surface area contributed by atoms with Gasteiger partial charge in [-0.2, -0.15) is 5.26 Å². The van der Waals surface area contributed by atoms with Gasteiger partial charge >= 0.3 is 0 Å². The molecule has 0 fully saturated rings. The molecule has 0 unspecified atom stereocenters. The standard InChI is InChI=1S/C16H9BrN6S/c17-14-13-12(21-23-22-14)11-6-10(7-18)15(20-16(11)24-13)19-8-9-4-2-1-3-5-9/h1-6H,8H2,(H,19,20). The molecular weight excluding hydrogens is 388 g/mol. The maximum absolute atomic E-state index is 9.46. The average molecular weight is 397 g/mol. The number of nitrogens with zero attached hydrogens (tertiary/aromatic N) is 5. The van der Waals surface area contributed by atoms with Crippen LogP contribution >= 0.6 is 27.3 Å². The van der Waals surface area contributed by atoms with Crippen LogP contribution in [0.3, 0.4) is 0 Å². The van der Waals surface area contributed by atoms with Gasteiger partial charge in [-0.15, -0.1) is 21.5 Å². The first kappa shape index (κ1) is 14.9. The zero-order chi connectivity index (χ0) is 16.5. The highest BCUT2D eigenvalue weighted by molar-refractivity contribution is 9.10. The number of fused-ring (bicyclic) bond motifs is 3. The molecule has 6 nitrogen and oxygen atoms in total. The number of pyridine rings is 1. The number of rotatable bonds is 3. The average Bonchev–Trinajstić information content (AvgIpc) is 2.99. The summed E-state index contributed by atoms with van der Waals surface area (Å²) in [5, 5.41) is 25.2. The SMILES string of the molecule is N#Cc1cc2c(nc1NCc1ccccc1)sc1c(Br)nnnc12. The third-order valence-corrected chi connectivity index (χ3v) is 5.46. The summed E-state index contributed by atoms with van der Waals surface area (Å²) in [5.41, 5.74) is 2.31. The molecule has 0 bridgehead atoms. The topological polar surface area (TPSA) is 87.4 Å². The van der Waals surface area contributed by atoms with E-state index in [9.17, 15) is 5.26 Å². The Kier molecular flexibility index (Phi) is 3.80. The minimum Gasteiger partial charge on any atom is -0.365 e. The van der Waals surface area contributed by atoms with Gasteiger partial charge in [-0.05, 0) is 32.8 Å². The summed E-state index contributed by atoms with van der Waals surface area (Å²) in [4.78, 5) is 5.40. The first-order valence-electron chi connectivity index (χ1n) is 7.06. The summed E-state index contributed by atoms with van der Waals surface area (Å²) in [6.45, 7) is 0.601. The van der Waals surface area contributed by atoms with Crippen LogP contribution < -0.4 is 5.32 Å². The molecular formula is C16H9BrN6S. The van der Waals surface area contributed by atoms with Gasteiger partial charge in [0.05, 0.1) is 10.3 Å². The van der Waals surface area contributed by atoms with E-state index in [0.717, 1.165) is 20.5 Å². The smallest absolute Gasteiger partial charge is 0.150 e. The van der Waals surface area contributed by atoms with E-state index in [2.05, 4.69) is 47.7 Å². The molecule has 116 valence electrons. The van der Waals surface area contributed by atoms with Crippen LogP contribution in [0.5, 0.6) is 0 Å². The quantitative estimate of drug-likeness (QED) is 0.565. The predicted octanol–water partition coefficient (Wildman–Crippen LogP) is 3.88. The predicted molar refractivity (Wildman–Crippen MR) is 96.7 cm³/mol. The van der Waals surface area contributed by atoms with Crippen LogP contribution in [-0.4, -0.2) is 20.4 Å². The molecule has 4 rings (SSSR count). The van der Waals surface area contributed by atoms with Crippen molar-refractivity contribution in [3.8, 4) is 6.07 Å². The Morgan fingerprint density at radius 3 is 2.83 bits per heavy atom. The van der Waals surface area contributed by atoms with E-state index < -0.39 is 0 Å². The zero-order valence-electron chi connectivity index (χ0n) is 12.2. The molecule has 0 aliphatic carbocycles. The lowest BCUT2D eigenvalue weighted by molar-refractivity contribution is 0.885. The van der Waals surface area contributed by atoms with Crippen molar-refractivity contribution in [2.45, 2.75) is 6.54 Å². The number of benzene rings is 1. The lowest BCUT2D eigenvalue weighted by Crippen LogP contribution is -2.03. The number of nitrogens with one attached hydrogen (secondary N) is 1. The number of halogens is 1. The molecule has 1 N–H and O–H groups in total. The molecule has 0 spiro atoms. The summed E-state index contributed by atoms with van der Waals surface area (Å²) in [6, 6.07) is 14.0. The first-order chi connectivity index (χ1) is 11.8. The third-order valence-electron chi connectivity index (χ3n) is 3.54. The van der Waals surface area contributed by atoms with Crippen LogP contribution in [0.1, 0.15) is 11.1 Å². The van der Waals surface area contributed by atoms with E-state index in [1.54, 1.807) is 6.07 Å². The number of nitriles is 1. The number of hydrogen-bond acceptors (Lipinski definition) is 7. The molecule has 0 radical (unpaired) electrons. The van der Waals surface area contributed by atoms with Crippen molar-refractivity contribution in [1.29, 1.82) is 5.26 Å². The van der Waals surface area contributed by atoms with Gasteiger partial charge in [0, 0.05) is 11.9 Å². The number of thiophene rings is 1.